The van der Waals surface area contributed by atoms with Crippen LogP contribution in [0.5, 0.6) is 0 Å². The van der Waals surface area contributed by atoms with E-state index in [9.17, 15) is 4.79 Å². The number of ether oxygens (including phenoxy) is 1. The standard InChI is InChI=1S/C14H12N6O2/c1-22-12(21)11-18-13(15)20-14(19-11)17-9-4-5-10-8(7-9)3-2-6-16-10/h2-7H,1H3,(H3,15,17,18,19,20). The number of hydrogen-bond acceptors (Lipinski definition) is 8. The second kappa shape index (κ2) is 5.60. The van der Waals surface area contributed by atoms with Crippen LogP contribution in [0.3, 0.4) is 0 Å². The molecule has 0 aliphatic carbocycles. The molecular formula is C14H12N6O2. The van der Waals surface area contributed by atoms with Crippen molar-refractivity contribution in [2.75, 3.05) is 18.2 Å². The lowest BCUT2D eigenvalue weighted by Gasteiger charge is -2.07. The largest absolute Gasteiger partial charge is 0.463 e. The Hall–Kier alpha value is -3.29. The van der Waals surface area contributed by atoms with Crippen LogP contribution in [0.1, 0.15) is 10.6 Å². The predicted octanol–water partition coefficient (Wildman–Crippen LogP) is 1.53. The first-order valence-corrected chi connectivity index (χ1v) is 6.37. The fourth-order valence-corrected chi connectivity index (χ4v) is 1.91. The van der Waals surface area contributed by atoms with E-state index in [1.165, 1.54) is 7.11 Å². The number of anilines is 3. The Balaban J connectivity index is 1.94. The van der Waals surface area contributed by atoms with Crippen molar-refractivity contribution in [3.8, 4) is 0 Å². The highest BCUT2D eigenvalue weighted by molar-refractivity contribution is 5.86. The number of methoxy groups -OCH3 is 1. The van der Waals surface area contributed by atoms with E-state index in [0.29, 0.717) is 0 Å². The molecule has 0 unspecified atom stereocenters. The average Bonchev–Trinajstić information content (AvgIpc) is 2.53. The summed E-state index contributed by atoms with van der Waals surface area (Å²) in [6.45, 7) is 0. The average molecular weight is 296 g/mol. The molecule has 0 spiro atoms. The zero-order chi connectivity index (χ0) is 15.5. The molecule has 8 nitrogen and oxygen atoms in total. The summed E-state index contributed by atoms with van der Waals surface area (Å²) >= 11 is 0. The summed E-state index contributed by atoms with van der Waals surface area (Å²) in [5, 5.41) is 3.94. The Labute approximate surface area is 125 Å². The van der Waals surface area contributed by atoms with Gasteiger partial charge in [0.1, 0.15) is 0 Å². The first-order chi connectivity index (χ1) is 10.7. The lowest BCUT2D eigenvalue weighted by Crippen LogP contribution is -2.12. The van der Waals surface area contributed by atoms with Gasteiger partial charge in [-0.1, -0.05) is 6.07 Å². The highest BCUT2D eigenvalue weighted by atomic mass is 16.5. The summed E-state index contributed by atoms with van der Waals surface area (Å²) in [5.74, 6) is -0.740. The number of nitrogens with one attached hydrogen (secondary N) is 1. The topological polar surface area (TPSA) is 116 Å². The second-order valence-electron chi connectivity index (χ2n) is 4.37. The molecule has 22 heavy (non-hydrogen) atoms. The number of rotatable bonds is 3. The summed E-state index contributed by atoms with van der Waals surface area (Å²) in [7, 11) is 1.24. The molecule has 0 radical (unpaired) electrons. The SMILES string of the molecule is COC(=O)c1nc(N)nc(Nc2ccc3ncccc3c2)n1. The minimum Gasteiger partial charge on any atom is -0.463 e. The number of nitrogens with zero attached hydrogens (tertiary/aromatic N) is 4. The number of hydrogen-bond donors (Lipinski definition) is 2. The number of fused-ring (bicyclic) bond motifs is 1. The van der Waals surface area contributed by atoms with Crippen LogP contribution in [0.15, 0.2) is 36.5 Å². The number of benzene rings is 1. The molecule has 2 aromatic heterocycles. The maximum absolute atomic E-state index is 11.5. The zero-order valence-corrected chi connectivity index (χ0v) is 11.6. The second-order valence-corrected chi connectivity index (χ2v) is 4.37. The van der Waals surface area contributed by atoms with Crippen LogP contribution >= 0.6 is 0 Å². The summed E-state index contributed by atoms with van der Waals surface area (Å²) < 4.78 is 4.57. The molecular weight excluding hydrogens is 284 g/mol. The van der Waals surface area contributed by atoms with Gasteiger partial charge in [0.2, 0.25) is 17.7 Å². The summed E-state index contributed by atoms with van der Waals surface area (Å²) in [6, 6.07) is 9.37. The van der Waals surface area contributed by atoms with Gasteiger partial charge < -0.3 is 15.8 Å². The molecule has 0 aliphatic rings. The Morgan fingerprint density at radius 3 is 2.91 bits per heavy atom. The van der Waals surface area contributed by atoms with Gasteiger partial charge in [0.05, 0.1) is 12.6 Å². The molecule has 2 heterocycles. The molecule has 0 saturated heterocycles. The summed E-state index contributed by atoms with van der Waals surface area (Å²) in [6.07, 6.45) is 1.73. The van der Waals surface area contributed by atoms with Crippen molar-refractivity contribution >= 4 is 34.5 Å². The lowest BCUT2D eigenvalue weighted by atomic mass is 10.2. The molecule has 0 aliphatic heterocycles. The van der Waals surface area contributed by atoms with E-state index in [4.69, 9.17) is 5.73 Å². The van der Waals surface area contributed by atoms with E-state index in [0.717, 1.165) is 16.6 Å². The van der Waals surface area contributed by atoms with Gasteiger partial charge in [-0.15, -0.1) is 0 Å². The maximum atomic E-state index is 11.5. The fraction of sp³-hybridized carbons (Fsp3) is 0.0714. The third-order valence-electron chi connectivity index (χ3n) is 2.88. The minimum absolute atomic E-state index is 0.0691. The third-order valence-corrected chi connectivity index (χ3v) is 2.88. The smallest absolute Gasteiger partial charge is 0.376 e. The highest BCUT2D eigenvalue weighted by Crippen LogP contribution is 2.19. The van der Waals surface area contributed by atoms with E-state index in [1.807, 2.05) is 30.3 Å². The molecule has 3 aromatic rings. The van der Waals surface area contributed by atoms with Crippen LogP contribution in [-0.4, -0.2) is 33.0 Å². The van der Waals surface area contributed by atoms with Crippen molar-refractivity contribution in [2.24, 2.45) is 0 Å². The molecule has 0 amide bonds. The molecule has 3 rings (SSSR count). The van der Waals surface area contributed by atoms with Crippen molar-refractivity contribution in [1.82, 2.24) is 19.9 Å². The van der Waals surface area contributed by atoms with Crippen LogP contribution in [0.25, 0.3) is 10.9 Å². The molecule has 0 saturated carbocycles. The van der Waals surface area contributed by atoms with Gasteiger partial charge in [0, 0.05) is 17.3 Å². The molecule has 3 N–H and O–H groups in total. The molecule has 1 aromatic carbocycles. The van der Waals surface area contributed by atoms with E-state index in [1.54, 1.807) is 6.20 Å². The number of nitrogen functional groups attached to an aromatic ring is 1. The predicted molar refractivity (Wildman–Crippen MR) is 80.6 cm³/mol. The van der Waals surface area contributed by atoms with Crippen LogP contribution in [0, 0.1) is 0 Å². The number of carbonyl (C=O) groups is 1. The monoisotopic (exact) mass is 296 g/mol. The van der Waals surface area contributed by atoms with Crippen molar-refractivity contribution in [1.29, 1.82) is 0 Å². The van der Waals surface area contributed by atoms with Gasteiger partial charge in [-0.3, -0.25) is 4.98 Å². The quantitative estimate of drug-likeness (QED) is 0.699. The number of esters is 1. The van der Waals surface area contributed by atoms with Gasteiger partial charge in [0.25, 0.3) is 0 Å². The Kier molecular flexibility index (Phi) is 3.48. The Morgan fingerprint density at radius 2 is 2.09 bits per heavy atom. The van der Waals surface area contributed by atoms with Gasteiger partial charge in [-0.25, -0.2) is 4.79 Å². The highest BCUT2D eigenvalue weighted by Gasteiger charge is 2.13. The molecule has 8 heteroatoms. The van der Waals surface area contributed by atoms with Gasteiger partial charge in [0.15, 0.2) is 0 Å². The summed E-state index contributed by atoms with van der Waals surface area (Å²) in [5.41, 5.74) is 7.19. The van der Waals surface area contributed by atoms with E-state index in [2.05, 4.69) is 30.0 Å². The molecule has 0 atom stereocenters. The van der Waals surface area contributed by atoms with Crippen molar-refractivity contribution in [2.45, 2.75) is 0 Å². The lowest BCUT2D eigenvalue weighted by molar-refractivity contribution is 0.0586. The van der Waals surface area contributed by atoms with Gasteiger partial charge in [-0.05, 0) is 24.3 Å². The Bertz CT molecular complexity index is 852. The molecule has 110 valence electrons. The van der Waals surface area contributed by atoms with Gasteiger partial charge in [-0.2, -0.15) is 15.0 Å². The number of nitrogens with two attached hydrogens (primary N) is 1. The van der Waals surface area contributed by atoms with Gasteiger partial charge >= 0.3 is 5.97 Å². The first-order valence-electron chi connectivity index (χ1n) is 6.37. The maximum Gasteiger partial charge on any atom is 0.376 e. The van der Waals surface area contributed by atoms with Crippen LogP contribution < -0.4 is 11.1 Å². The number of aromatic nitrogens is 4. The number of carbonyl (C=O) groups excluding carboxylic acids is 1. The third kappa shape index (κ3) is 2.75. The Morgan fingerprint density at radius 1 is 1.23 bits per heavy atom. The van der Waals surface area contributed by atoms with E-state index >= 15 is 0 Å². The zero-order valence-electron chi connectivity index (χ0n) is 11.6. The normalized spacial score (nSPS) is 10.4. The first kappa shape index (κ1) is 13.7. The summed E-state index contributed by atoms with van der Waals surface area (Å²) in [4.78, 5) is 27.4. The van der Waals surface area contributed by atoms with Crippen molar-refractivity contribution in [3.63, 3.8) is 0 Å². The van der Waals surface area contributed by atoms with Crippen molar-refractivity contribution < 1.29 is 9.53 Å². The minimum atomic E-state index is -0.681. The van der Waals surface area contributed by atoms with Crippen LogP contribution in [-0.2, 0) is 4.74 Å². The number of pyridine rings is 1. The van der Waals surface area contributed by atoms with Crippen LogP contribution in [0.4, 0.5) is 17.6 Å². The molecule has 0 bridgehead atoms. The fourth-order valence-electron chi connectivity index (χ4n) is 1.91. The van der Waals surface area contributed by atoms with Crippen molar-refractivity contribution in [3.05, 3.63) is 42.4 Å². The van der Waals surface area contributed by atoms with E-state index in [-0.39, 0.29) is 17.7 Å². The van der Waals surface area contributed by atoms with E-state index < -0.39 is 5.97 Å². The van der Waals surface area contributed by atoms with Crippen LogP contribution in [0.2, 0.25) is 0 Å². The molecule has 0 fully saturated rings.